The molecular weight excluding hydrogens is 422 g/mol. The number of nitro benzene ring substituents is 1. The molecule has 0 radical (unpaired) electrons. The van der Waals surface area contributed by atoms with Crippen LogP contribution >= 0.6 is 15.9 Å². The Morgan fingerprint density at radius 3 is 2.63 bits per heavy atom. The van der Waals surface area contributed by atoms with Gasteiger partial charge >= 0.3 is 6.16 Å². The van der Waals surface area contributed by atoms with Crippen LogP contribution in [-0.4, -0.2) is 21.2 Å². The largest absolute Gasteiger partial charge is 0.514 e. The maximum absolute atomic E-state index is 11.9. The molecule has 0 N–H and O–H groups in total. The van der Waals surface area contributed by atoms with Crippen molar-refractivity contribution in [1.82, 2.24) is 10.1 Å². The highest BCUT2D eigenvalue weighted by Crippen LogP contribution is 2.26. The molecule has 3 aromatic rings. The van der Waals surface area contributed by atoms with Crippen molar-refractivity contribution in [1.29, 1.82) is 0 Å². The van der Waals surface area contributed by atoms with Crippen LogP contribution in [-0.2, 0) is 11.3 Å². The van der Waals surface area contributed by atoms with Crippen LogP contribution in [0.5, 0.6) is 5.75 Å². The highest BCUT2D eigenvalue weighted by molar-refractivity contribution is 9.10. The van der Waals surface area contributed by atoms with Gasteiger partial charge in [-0.3, -0.25) is 15.1 Å². The lowest BCUT2D eigenvalue weighted by Crippen LogP contribution is -2.11. The zero-order valence-electron chi connectivity index (χ0n) is 13.9. The van der Waals surface area contributed by atoms with E-state index in [1.807, 2.05) is 0 Å². The SMILES string of the molecule is Cc1noc(-c2ccc(Br)cn2)c1COC(=O)Oc1ccc([N+](=O)[O-])cc1. The lowest BCUT2D eigenvalue weighted by molar-refractivity contribution is -0.384. The van der Waals surface area contributed by atoms with Crippen LogP contribution in [0.2, 0.25) is 0 Å². The summed E-state index contributed by atoms with van der Waals surface area (Å²) >= 11 is 3.30. The Balaban J connectivity index is 1.66. The Morgan fingerprint density at radius 1 is 1.26 bits per heavy atom. The average Bonchev–Trinajstić information content (AvgIpc) is 3.01. The molecule has 10 heteroatoms. The molecule has 0 aliphatic heterocycles. The first-order valence-corrected chi connectivity index (χ1v) is 8.39. The number of non-ortho nitro benzene ring substituents is 1. The van der Waals surface area contributed by atoms with E-state index < -0.39 is 11.1 Å². The Bertz CT molecular complexity index is 969. The Hall–Kier alpha value is -3.27. The van der Waals surface area contributed by atoms with Crippen LogP contribution < -0.4 is 4.74 Å². The minimum absolute atomic E-state index is 0.109. The van der Waals surface area contributed by atoms with E-state index in [-0.39, 0.29) is 18.0 Å². The van der Waals surface area contributed by atoms with E-state index in [1.165, 1.54) is 24.3 Å². The molecule has 2 aromatic heterocycles. The number of benzene rings is 1. The van der Waals surface area contributed by atoms with Gasteiger partial charge in [0, 0.05) is 22.8 Å². The normalized spacial score (nSPS) is 10.4. The molecule has 1 aromatic carbocycles. The highest BCUT2D eigenvalue weighted by atomic mass is 79.9. The van der Waals surface area contributed by atoms with Gasteiger partial charge in [-0.15, -0.1) is 0 Å². The number of nitrogens with zero attached hydrogens (tertiary/aromatic N) is 3. The molecule has 0 bridgehead atoms. The minimum atomic E-state index is -0.959. The van der Waals surface area contributed by atoms with E-state index in [0.29, 0.717) is 22.7 Å². The molecule has 138 valence electrons. The van der Waals surface area contributed by atoms with E-state index in [2.05, 4.69) is 26.1 Å². The van der Waals surface area contributed by atoms with Crippen LogP contribution in [0.15, 0.2) is 51.6 Å². The molecule has 9 nitrogen and oxygen atoms in total. The van der Waals surface area contributed by atoms with Crippen molar-refractivity contribution in [3.8, 4) is 17.2 Å². The molecule has 0 fully saturated rings. The zero-order valence-corrected chi connectivity index (χ0v) is 15.5. The fourth-order valence-electron chi connectivity index (χ4n) is 2.16. The summed E-state index contributed by atoms with van der Waals surface area (Å²) in [6, 6.07) is 8.60. The number of halogens is 1. The third-order valence-electron chi connectivity index (χ3n) is 3.53. The highest BCUT2D eigenvalue weighted by Gasteiger charge is 2.18. The molecule has 0 saturated carbocycles. The predicted octanol–water partition coefficient (Wildman–Crippen LogP) is 4.43. The second kappa shape index (κ2) is 7.96. The van der Waals surface area contributed by atoms with E-state index in [1.54, 1.807) is 25.3 Å². The monoisotopic (exact) mass is 433 g/mol. The van der Waals surface area contributed by atoms with Crippen LogP contribution in [0, 0.1) is 17.0 Å². The maximum atomic E-state index is 11.9. The number of ether oxygens (including phenoxy) is 2. The summed E-state index contributed by atoms with van der Waals surface area (Å²) in [7, 11) is 0. The van der Waals surface area contributed by atoms with Gasteiger partial charge < -0.3 is 14.0 Å². The van der Waals surface area contributed by atoms with Gasteiger partial charge in [-0.2, -0.15) is 0 Å². The van der Waals surface area contributed by atoms with E-state index >= 15 is 0 Å². The van der Waals surface area contributed by atoms with E-state index in [4.69, 9.17) is 14.0 Å². The lowest BCUT2D eigenvalue weighted by Gasteiger charge is -2.06. The molecule has 0 saturated heterocycles. The number of hydrogen-bond acceptors (Lipinski definition) is 8. The summed E-state index contributed by atoms with van der Waals surface area (Å²) in [6.07, 6.45) is 0.653. The molecule has 0 aliphatic rings. The van der Waals surface area contributed by atoms with Gasteiger partial charge in [0.25, 0.3) is 5.69 Å². The molecule has 0 atom stereocenters. The van der Waals surface area contributed by atoms with Crippen molar-refractivity contribution >= 4 is 27.8 Å². The number of aryl methyl sites for hydroxylation is 1. The van der Waals surface area contributed by atoms with Crippen molar-refractivity contribution in [3.05, 3.63) is 68.4 Å². The number of nitro groups is 1. The molecule has 0 unspecified atom stereocenters. The Kier molecular flexibility index (Phi) is 5.46. The van der Waals surface area contributed by atoms with Gasteiger partial charge in [0.05, 0.1) is 16.2 Å². The van der Waals surface area contributed by atoms with Gasteiger partial charge in [-0.05, 0) is 47.1 Å². The van der Waals surface area contributed by atoms with E-state index in [9.17, 15) is 14.9 Å². The molecule has 3 rings (SSSR count). The number of hydrogen-bond donors (Lipinski definition) is 0. The summed E-state index contributed by atoms with van der Waals surface area (Å²) in [4.78, 5) is 26.2. The third-order valence-corrected chi connectivity index (χ3v) is 4.00. The van der Waals surface area contributed by atoms with Crippen molar-refractivity contribution < 1.29 is 23.7 Å². The van der Waals surface area contributed by atoms with Crippen LogP contribution in [0.25, 0.3) is 11.5 Å². The van der Waals surface area contributed by atoms with Crippen molar-refractivity contribution in [2.45, 2.75) is 13.5 Å². The fourth-order valence-corrected chi connectivity index (χ4v) is 2.40. The first kappa shape index (κ1) is 18.5. The van der Waals surface area contributed by atoms with Crippen LogP contribution in [0.1, 0.15) is 11.3 Å². The molecule has 0 aliphatic carbocycles. The maximum Gasteiger partial charge on any atom is 0.514 e. The number of pyridine rings is 1. The first-order chi connectivity index (χ1) is 12.9. The van der Waals surface area contributed by atoms with Crippen molar-refractivity contribution in [2.24, 2.45) is 0 Å². The van der Waals surface area contributed by atoms with Gasteiger partial charge in [-0.1, -0.05) is 5.16 Å². The molecule has 2 heterocycles. The van der Waals surface area contributed by atoms with E-state index in [0.717, 1.165) is 4.47 Å². The van der Waals surface area contributed by atoms with Gasteiger partial charge in [0.1, 0.15) is 18.1 Å². The third kappa shape index (κ3) is 4.47. The van der Waals surface area contributed by atoms with Crippen molar-refractivity contribution in [3.63, 3.8) is 0 Å². The van der Waals surface area contributed by atoms with Crippen LogP contribution in [0.3, 0.4) is 0 Å². The topological polar surface area (TPSA) is 118 Å². The lowest BCUT2D eigenvalue weighted by atomic mass is 10.1. The number of carbonyl (C=O) groups excluding carboxylic acids is 1. The minimum Gasteiger partial charge on any atom is -0.429 e. The first-order valence-electron chi connectivity index (χ1n) is 7.60. The Morgan fingerprint density at radius 2 is 2.00 bits per heavy atom. The molecule has 27 heavy (non-hydrogen) atoms. The summed E-state index contributed by atoms with van der Waals surface area (Å²) in [5.41, 5.74) is 1.55. The second-order valence-corrected chi connectivity index (χ2v) is 6.24. The number of rotatable bonds is 5. The Labute approximate surface area is 161 Å². The quantitative estimate of drug-likeness (QED) is 0.251. The van der Waals surface area contributed by atoms with Gasteiger partial charge in [-0.25, -0.2) is 4.79 Å². The summed E-state index contributed by atoms with van der Waals surface area (Å²) < 4.78 is 16.2. The second-order valence-electron chi connectivity index (χ2n) is 5.33. The average molecular weight is 434 g/mol. The molecule has 0 spiro atoms. The summed E-state index contributed by atoms with van der Waals surface area (Å²) in [6.45, 7) is 1.58. The molecular formula is C17H12BrN3O6. The zero-order chi connectivity index (χ0) is 19.4. The van der Waals surface area contributed by atoms with Gasteiger partial charge in [0.2, 0.25) is 0 Å². The number of aromatic nitrogens is 2. The summed E-state index contributed by atoms with van der Waals surface area (Å²) in [5.74, 6) is 0.519. The fraction of sp³-hybridized carbons (Fsp3) is 0.118. The molecule has 0 amide bonds. The van der Waals surface area contributed by atoms with Crippen LogP contribution in [0.4, 0.5) is 10.5 Å². The number of carbonyl (C=O) groups is 1. The predicted molar refractivity (Wildman–Crippen MR) is 96.1 cm³/mol. The van der Waals surface area contributed by atoms with Crippen molar-refractivity contribution in [2.75, 3.05) is 0 Å². The smallest absolute Gasteiger partial charge is 0.429 e. The standard InChI is InChI=1S/C17H12BrN3O6/c1-10-14(16(27-20-10)15-7-2-11(18)8-19-15)9-25-17(22)26-13-5-3-12(4-6-13)21(23)24/h2-8H,9H2,1H3. The summed E-state index contributed by atoms with van der Waals surface area (Å²) in [5, 5.41) is 14.5. The van der Waals surface area contributed by atoms with Gasteiger partial charge in [0.15, 0.2) is 5.76 Å².